The van der Waals surface area contributed by atoms with E-state index in [-0.39, 0.29) is 6.04 Å². The molecule has 0 heterocycles. The molecule has 0 aliphatic rings. The van der Waals surface area contributed by atoms with Crippen molar-refractivity contribution < 1.29 is 9.84 Å². The Morgan fingerprint density at radius 2 is 2.00 bits per heavy atom. The Kier molecular flexibility index (Phi) is 5.46. The number of ether oxygens (including phenoxy) is 1. The highest BCUT2D eigenvalue weighted by Crippen LogP contribution is 2.05. The Balaban J connectivity index is 3.54. The zero-order valence-electron chi connectivity index (χ0n) is 7.58. The van der Waals surface area contributed by atoms with Crippen LogP contribution >= 0.6 is 0 Å². The van der Waals surface area contributed by atoms with Crippen molar-refractivity contribution >= 4 is 0 Å². The Hall–Kier alpha value is -0.120. The Morgan fingerprint density at radius 3 is 2.36 bits per heavy atom. The van der Waals surface area contributed by atoms with E-state index in [2.05, 4.69) is 13.8 Å². The molecule has 2 atom stereocenters. The lowest BCUT2D eigenvalue weighted by molar-refractivity contribution is 0.0434. The zero-order chi connectivity index (χ0) is 8.85. The van der Waals surface area contributed by atoms with Gasteiger partial charge in [0.1, 0.15) is 0 Å². The van der Waals surface area contributed by atoms with Crippen molar-refractivity contribution in [2.45, 2.75) is 32.4 Å². The second-order valence-corrected chi connectivity index (χ2v) is 3.32. The molecule has 0 saturated heterocycles. The summed E-state index contributed by atoms with van der Waals surface area (Å²) >= 11 is 0. The van der Waals surface area contributed by atoms with E-state index in [4.69, 9.17) is 10.5 Å². The molecule has 0 bridgehead atoms. The molecule has 0 radical (unpaired) electrons. The SMILES string of the molecule is COCC(O)[C@@H](N)CC(C)C. The van der Waals surface area contributed by atoms with Crippen LogP contribution < -0.4 is 5.73 Å². The number of rotatable bonds is 5. The largest absolute Gasteiger partial charge is 0.389 e. The van der Waals surface area contributed by atoms with Crippen LogP contribution in [0.5, 0.6) is 0 Å². The van der Waals surface area contributed by atoms with Gasteiger partial charge in [0, 0.05) is 13.2 Å². The molecule has 0 rings (SSSR count). The minimum absolute atomic E-state index is 0.157. The summed E-state index contributed by atoms with van der Waals surface area (Å²) in [6.45, 7) is 4.49. The molecule has 1 unspecified atom stereocenters. The number of methoxy groups -OCH3 is 1. The normalized spacial score (nSPS) is 16.9. The highest BCUT2D eigenvalue weighted by atomic mass is 16.5. The van der Waals surface area contributed by atoms with Crippen LogP contribution in [-0.4, -0.2) is 31.0 Å². The van der Waals surface area contributed by atoms with Crippen LogP contribution in [0.25, 0.3) is 0 Å². The standard InChI is InChI=1S/C8H19NO2/c1-6(2)4-7(9)8(10)5-11-3/h6-8,10H,4-5,9H2,1-3H3/t7-,8?/m0/s1. The molecule has 0 aliphatic heterocycles. The molecule has 3 N–H and O–H groups in total. The van der Waals surface area contributed by atoms with Gasteiger partial charge in [0.2, 0.25) is 0 Å². The second-order valence-electron chi connectivity index (χ2n) is 3.32. The van der Waals surface area contributed by atoms with Gasteiger partial charge < -0.3 is 15.6 Å². The van der Waals surface area contributed by atoms with E-state index in [1.807, 2.05) is 0 Å². The molecule has 0 saturated carbocycles. The number of hydrogen-bond donors (Lipinski definition) is 2. The van der Waals surface area contributed by atoms with Gasteiger partial charge in [-0.3, -0.25) is 0 Å². The fourth-order valence-electron chi connectivity index (χ4n) is 0.996. The predicted molar refractivity (Wildman–Crippen MR) is 45.3 cm³/mol. The molecule has 3 nitrogen and oxygen atoms in total. The van der Waals surface area contributed by atoms with Crippen molar-refractivity contribution in [1.82, 2.24) is 0 Å². The summed E-state index contributed by atoms with van der Waals surface area (Å²) in [7, 11) is 1.56. The van der Waals surface area contributed by atoms with Crippen molar-refractivity contribution in [3.05, 3.63) is 0 Å². The molecule has 0 aliphatic carbocycles. The van der Waals surface area contributed by atoms with E-state index in [1.54, 1.807) is 7.11 Å². The minimum atomic E-state index is -0.526. The van der Waals surface area contributed by atoms with Gasteiger partial charge >= 0.3 is 0 Å². The van der Waals surface area contributed by atoms with Crippen LogP contribution in [0.2, 0.25) is 0 Å². The first-order valence-corrected chi connectivity index (χ1v) is 4.00. The topological polar surface area (TPSA) is 55.5 Å². The molecular weight excluding hydrogens is 142 g/mol. The van der Waals surface area contributed by atoms with E-state index in [9.17, 15) is 5.11 Å². The number of nitrogens with two attached hydrogens (primary N) is 1. The number of hydrogen-bond acceptors (Lipinski definition) is 3. The maximum atomic E-state index is 9.32. The number of aliphatic hydroxyl groups excluding tert-OH is 1. The fourth-order valence-corrected chi connectivity index (χ4v) is 0.996. The van der Waals surface area contributed by atoms with Gasteiger partial charge in [-0.15, -0.1) is 0 Å². The lowest BCUT2D eigenvalue weighted by Gasteiger charge is -2.19. The molecule has 0 spiro atoms. The van der Waals surface area contributed by atoms with Crippen LogP contribution in [0.4, 0.5) is 0 Å². The van der Waals surface area contributed by atoms with E-state index in [0.29, 0.717) is 12.5 Å². The van der Waals surface area contributed by atoms with E-state index in [1.165, 1.54) is 0 Å². The van der Waals surface area contributed by atoms with Gasteiger partial charge in [-0.05, 0) is 12.3 Å². The first-order chi connectivity index (χ1) is 5.07. The highest BCUT2D eigenvalue weighted by molar-refractivity contribution is 4.72. The van der Waals surface area contributed by atoms with E-state index in [0.717, 1.165) is 6.42 Å². The minimum Gasteiger partial charge on any atom is -0.389 e. The molecule has 11 heavy (non-hydrogen) atoms. The monoisotopic (exact) mass is 161 g/mol. The van der Waals surface area contributed by atoms with Crippen LogP contribution in [-0.2, 0) is 4.74 Å². The average Bonchev–Trinajstić information content (AvgIpc) is 1.86. The van der Waals surface area contributed by atoms with Gasteiger partial charge in [-0.25, -0.2) is 0 Å². The van der Waals surface area contributed by atoms with Gasteiger partial charge in [0.05, 0.1) is 12.7 Å². The Bertz CT molecular complexity index is 96.1. The molecule has 0 amide bonds. The molecule has 0 fully saturated rings. The zero-order valence-corrected chi connectivity index (χ0v) is 7.58. The average molecular weight is 161 g/mol. The van der Waals surface area contributed by atoms with Crippen molar-refractivity contribution in [3.63, 3.8) is 0 Å². The summed E-state index contributed by atoms with van der Waals surface area (Å²) in [6.07, 6.45) is 0.312. The molecule has 0 aromatic carbocycles. The van der Waals surface area contributed by atoms with Gasteiger partial charge in [-0.2, -0.15) is 0 Å². The fraction of sp³-hybridized carbons (Fsp3) is 1.00. The van der Waals surface area contributed by atoms with Crippen LogP contribution in [0.15, 0.2) is 0 Å². The third-order valence-electron chi connectivity index (χ3n) is 1.58. The lowest BCUT2D eigenvalue weighted by atomic mass is 10.0. The van der Waals surface area contributed by atoms with Crippen molar-refractivity contribution in [1.29, 1.82) is 0 Å². The summed E-state index contributed by atoms with van der Waals surface area (Å²) in [4.78, 5) is 0. The molecule has 0 aromatic heterocycles. The van der Waals surface area contributed by atoms with Crippen molar-refractivity contribution in [2.24, 2.45) is 11.7 Å². The summed E-state index contributed by atoms with van der Waals surface area (Å²) in [5.41, 5.74) is 5.67. The third-order valence-corrected chi connectivity index (χ3v) is 1.58. The smallest absolute Gasteiger partial charge is 0.0924 e. The summed E-state index contributed by atoms with van der Waals surface area (Å²) in [5, 5.41) is 9.32. The van der Waals surface area contributed by atoms with Crippen molar-refractivity contribution in [3.8, 4) is 0 Å². The highest BCUT2D eigenvalue weighted by Gasteiger charge is 2.15. The van der Waals surface area contributed by atoms with Crippen LogP contribution in [0.3, 0.4) is 0 Å². The Morgan fingerprint density at radius 1 is 1.45 bits per heavy atom. The summed E-state index contributed by atoms with van der Waals surface area (Å²) in [6, 6.07) is -0.157. The molecule has 3 heteroatoms. The predicted octanol–water partition coefficient (Wildman–Crippen LogP) is 0.367. The van der Waals surface area contributed by atoms with E-state index >= 15 is 0 Å². The first-order valence-electron chi connectivity index (χ1n) is 4.00. The quantitative estimate of drug-likeness (QED) is 0.612. The van der Waals surface area contributed by atoms with Gasteiger partial charge in [0.25, 0.3) is 0 Å². The van der Waals surface area contributed by atoms with E-state index < -0.39 is 6.10 Å². The maximum Gasteiger partial charge on any atom is 0.0924 e. The molecular formula is C8H19NO2. The maximum absolute atomic E-state index is 9.32. The lowest BCUT2D eigenvalue weighted by Crippen LogP contribution is -2.38. The van der Waals surface area contributed by atoms with Crippen LogP contribution in [0, 0.1) is 5.92 Å². The Labute approximate surface area is 68.5 Å². The first kappa shape index (κ1) is 10.9. The van der Waals surface area contributed by atoms with Gasteiger partial charge in [-0.1, -0.05) is 13.8 Å². The van der Waals surface area contributed by atoms with Gasteiger partial charge in [0.15, 0.2) is 0 Å². The third kappa shape index (κ3) is 5.18. The van der Waals surface area contributed by atoms with Crippen LogP contribution in [0.1, 0.15) is 20.3 Å². The summed E-state index contributed by atoms with van der Waals surface area (Å²) < 4.78 is 4.78. The molecule has 0 aromatic rings. The van der Waals surface area contributed by atoms with Crippen molar-refractivity contribution in [2.75, 3.05) is 13.7 Å². The summed E-state index contributed by atoms with van der Waals surface area (Å²) in [5.74, 6) is 0.525. The second kappa shape index (κ2) is 5.52. The number of aliphatic hydroxyl groups is 1. The molecule has 68 valence electrons.